The average Bonchev–Trinajstić information content (AvgIpc) is 2.62. The molecule has 0 saturated heterocycles. The second-order valence-electron chi connectivity index (χ2n) is 6.52. The summed E-state index contributed by atoms with van der Waals surface area (Å²) in [5, 5.41) is 15.3. The van der Waals surface area contributed by atoms with Crippen LogP contribution in [-0.2, 0) is 0 Å². The maximum absolute atomic E-state index is 11.1. The fraction of sp³-hybridized carbons (Fsp3) is 0.316. The van der Waals surface area contributed by atoms with Gasteiger partial charge in [0.25, 0.3) is 0 Å². The van der Waals surface area contributed by atoms with Gasteiger partial charge in [0, 0.05) is 35.8 Å². The van der Waals surface area contributed by atoms with Crippen LogP contribution < -0.4 is 10.6 Å². The Morgan fingerprint density at radius 1 is 1.04 bits per heavy atom. The zero-order valence-corrected chi connectivity index (χ0v) is 17.2. The molecule has 2 atom stereocenters. The number of fused-ring (bicyclic) bond motifs is 2. The van der Waals surface area contributed by atoms with Crippen molar-refractivity contribution in [2.45, 2.75) is 57.3 Å². The van der Waals surface area contributed by atoms with E-state index in [-0.39, 0.29) is 12.1 Å². The molecule has 1 aliphatic carbocycles. The highest BCUT2D eigenvalue weighted by Crippen LogP contribution is 2.51. The number of carbonyl (C=O) groups is 1. The molecule has 2 aromatic carbocycles. The summed E-state index contributed by atoms with van der Waals surface area (Å²) < 4.78 is 1.13. The van der Waals surface area contributed by atoms with Crippen molar-refractivity contribution in [3.8, 4) is 0 Å². The van der Waals surface area contributed by atoms with Gasteiger partial charge in [-0.25, -0.2) is 4.79 Å². The van der Waals surface area contributed by atoms with Crippen molar-refractivity contribution in [2.24, 2.45) is 0 Å². The van der Waals surface area contributed by atoms with Crippen molar-refractivity contribution in [1.29, 1.82) is 0 Å². The maximum Gasteiger partial charge on any atom is 0.404 e. The quantitative estimate of drug-likeness (QED) is 0.452. The fourth-order valence-electron chi connectivity index (χ4n) is 3.51. The summed E-state index contributed by atoms with van der Waals surface area (Å²) in [5.41, 5.74) is 1.05. The lowest BCUT2D eigenvalue weighted by Gasteiger charge is -2.33. The third kappa shape index (κ3) is 3.85. The van der Waals surface area contributed by atoms with Crippen LogP contribution in [0.2, 0.25) is 0 Å². The van der Waals surface area contributed by atoms with E-state index in [0.29, 0.717) is 0 Å². The highest BCUT2D eigenvalue weighted by Gasteiger charge is 2.27. The van der Waals surface area contributed by atoms with Crippen LogP contribution in [-0.4, -0.2) is 23.3 Å². The summed E-state index contributed by atoms with van der Waals surface area (Å²) in [5.74, 6) is 0. The molecular formula is C19H19BrN2O2S2. The Labute approximate surface area is 169 Å². The van der Waals surface area contributed by atoms with E-state index in [1.54, 1.807) is 23.5 Å². The van der Waals surface area contributed by atoms with Gasteiger partial charge in [-0.3, -0.25) is 0 Å². The number of anilines is 1. The van der Waals surface area contributed by atoms with E-state index in [9.17, 15) is 4.79 Å². The molecule has 0 radical (unpaired) electrons. The molecule has 7 heteroatoms. The monoisotopic (exact) mass is 450 g/mol. The molecule has 0 bridgehead atoms. The van der Waals surface area contributed by atoms with Crippen LogP contribution in [0.15, 0.2) is 60.5 Å². The molecule has 1 aliphatic heterocycles. The van der Waals surface area contributed by atoms with Crippen molar-refractivity contribution < 1.29 is 9.90 Å². The number of nitrogens with one attached hydrogen (secondary N) is 2. The van der Waals surface area contributed by atoms with E-state index >= 15 is 0 Å². The van der Waals surface area contributed by atoms with Crippen molar-refractivity contribution in [3.05, 3.63) is 40.9 Å². The van der Waals surface area contributed by atoms with Gasteiger partial charge in [0.2, 0.25) is 0 Å². The van der Waals surface area contributed by atoms with E-state index in [1.807, 2.05) is 0 Å². The molecule has 136 valence electrons. The molecule has 1 heterocycles. The van der Waals surface area contributed by atoms with E-state index in [4.69, 9.17) is 5.11 Å². The van der Waals surface area contributed by atoms with Crippen LogP contribution in [0.4, 0.5) is 10.5 Å². The van der Waals surface area contributed by atoms with Crippen molar-refractivity contribution in [3.63, 3.8) is 0 Å². The first-order valence-electron chi connectivity index (χ1n) is 8.64. The van der Waals surface area contributed by atoms with E-state index < -0.39 is 6.09 Å². The fourth-order valence-corrected chi connectivity index (χ4v) is 6.54. The van der Waals surface area contributed by atoms with Crippen LogP contribution >= 0.6 is 39.5 Å². The standard InChI is InChI=1S/C19H19BrN2O2S2/c20-12-4-3-7-16-18(12)26-15-9-8-11(10-17(15)25-16)21-13-5-1-2-6-14(13)22-19(23)24/h3-4,7-10,13-14,21-22H,1-2,5-6H2,(H,23,24)/t13-,14-/m1/s1. The molecule has 4 rings (SSSR count). The smallest absolute Gasteiger partial charge is 0.404 e. The first kappa shape index (κ1) is 18.1. The first-order valence-corrected chi connectivity index (χ1v) is 11.1. The van der Waals surface area contributed by atoms with Gasteiger partial charge in [-0.05, 0) is 59.1 Å². The number of carboxylic acid groups (broad SMARTS) is 1. The Hall–Kier alpha value is -1.31. The number of rotatable bonds is 3. The lowest BCUT2D eigenvalue weighted by molar-refractivity contribution is 0.184. The van der Waals surface area contributed by atoms with Gasteiger partial charge in [-0.2, -0.15) is 0 Å². The van der Waals surface area contributed by atoms with Crippen LogP contribution in [0, 0.1) is 0 Å². The second kappa shape index (κ2) is 7.74. The Kier molecular flexibility index (Phi) is 5.38. The Bertz CT molecular complexity index is 846. The SMILES string of the molecule is O=C(O)N[C@@H]1CCCC[C@H]1Nc1ccc2c(c1)Sc1cccc(Br)c1S2. The summed E-state index contributed by atoms with van der Waals surface area (Å²) >= 11 is 7.21. The number of amides is 1. The normalized spacial score (nSPS) is 21.4. The molecule has 26 heavy (non-hydrogen) atoms. The summed E-state index contributed by atoms with van der Waals surface area (Å²) in [6.07, 6.45) is 3.14. The van der Waals surface area contributed by atoms with Crippen molar-refractivity contribution in [1.82, 2.24) is 5.32 Å². The molecule has 2 aliphatic rings. The number of benzene rings is 2. The zero-order valence-electron chi connectivity index (χ0n) is 14.0. The van der Waals surface area contributed by atoms with Crippen LogP contribution in [0.25, 0.3) is 0 Å². The highest BCUT2D eigenvalue weighted by molar-refractivity contribution is 9.10. The van der Waals surface area contributed by atoms with E-state index in [1.165, 1.54) is 19.6 Å². The number of halogens is 1. The third-order valence-electron chi connectivity index (χ3n) is 4.73. The van der Waals surface area contributed by atoms with Gasteiger partial charge < -0.3 is 15.7 Å². The molecule has 1 amide bonds. The molecule has 1 fully saturated rings. The zero-order chi connectivity index (χ0) is 18.1. The average molecular weight is 451 g/mol. The topological polar surface area (TPSA) is 61.4 Å². The molecule has 1 saturated carbocycles. The Balaban J connectivity index is 1.53. The second-order valence-corrected chi connectivity index (χ2v) is 9.51. The van der Waals surface area contributed by atoms with E-state index in [0.717, 1.165) is 35.8 Å². The summed E-state index contributed by atoms with van der Waals surface area (Å²) in [7, 11) is 0. The Morgan fingerprint density at radius 3 is 2.65 bits per heavy atom. The lowest BCUT2D eigenvalue weighted by atomic mass is 9.90. The number of hydrogen-bond donors (Lipinski definition) is 3. The van der Waals surface area contributed by atoms with Crippen LogP contribution in [0.1, 0.15) is 25.7 Å². The van der Waals surface area contributed by atoms with Gasteiger partial charge in [0.1, 0.15) is 0 Å². The summed E-state index contributed by atoms with van der Waals surface area (Å²) in [4.78, 5) is 16.1. The summed E-state index contributed by atoms with van der Waals surface area (Å²) in [6.45, 7) is 0. The van der Waals surface area contributed by atoms with Gasteiger partial charge in [0.05, 0.1) is 6.04 Å². The molecule has 0 spiro atoms. The van der Waals surface area contributed by atoms with Crippen LogP contribution in [0.3, 0.4) is 0 Å². The predicted molar refractivity (Wildman–Crippen MR) is 110 cm³/mol. The first-order chi connectivity index (χ1) is 12.6. The lowest BCUT2D eigenvalue weighted by Crippen LogP contribution is -2.48. The third-order valence-corrected chi connectivity index (χ3v) is 8.25. The minimum absolute atomic E-state index is 0.0315. The Morgan fingerprint density at radius 2 is 1.85 bits per heavy atom. The number of hydrogen-bond acceptors (Lipinski definition) is 4. The van der Waals surface area contributed by atoms with Crippen LogP contribution in [0.5, 0.6) is 0 Å². The minimum atomic E-state index is -0.941. The maximum atomic E-state index is 11.1. The van der Waals surface area contributed by atoms with Crippen molar-refractivity contribution in [2.75, 3.05) is 5.32 Å². The van der Waals surface area contributed by atoms with Gasteiger partial charge in [0.15, 0.2) is 0 Å². The predicted octanol–water partition coefficient (Wildman–Crippen LogP) is 6.06. The van der Waals surface area contributed by atoms with Gasteiger partial charge in [-0.15, -0.1) is 0 Å². The molecular weight excluding hydrogens is 432 g/mol. The molecule has 0 aromatic heterocycles. The van der Waals surface area contributed by atoms with Gasteiger partial charge in [-0.1, -0.05) is 42.4 Å². The largest absolute Gasteiger partial charge is 0.465 e. The molecule has 2 aromatic rings. The summed E-state index contributed by atoms with van der Waals surface area (Å²) in [6, 6.07) is 12.8. The molecule has 0 unspecified atom stereocenters. The highest BCUT2D eigenvalue weighted by atomic mass is 79.9. The molecule has 3 N–H and O–H groups in total. The van der Waals surface area contributed by atoms with Crippen molar-refractivity contribution >= 4 is 51.2 Å². The van der Waals surface area contributed by atoms with E-state index in [2.05, 4.69) is 63.0 Å². The molecule has 4 nitrogen and oxygen atoms in total. The minimum Gasteiger partial charge on any atom is -0.465 e. The van der Waals surface area contributed by atoms with Gasteiger partial charge >= 0.3 is 6.09 Å².